The number of aryl methyl sites for hydroxylation is 2. The zero-order valence-corrected chi connectivity index (χ0v) is 8.76. The van der Waals surface area contributed by atoms with Gasteiger partial charge in [0.2, 0.25) is 0 Å². The van der Waals surface area contributed by atoms with Crippen molar-refractivity contribution in [2.75, 3.05) is 0 Å². The van der Waals surface area contributed by atoms with Crippen molar-refractivity contribution in [3.63, 3.8) is 0 Å². The third-order valence-electron chi connectivity index (χ3n) is 2.47. The number of hydrogen-bond donors (Lipinski definition) is 1. The van der Waals surface area contributed by atoms with Gasteiger partial charge in [-0.3, -0.25) is 0 Å². The SMILES string of the molecule is Cn1ccnc1C(N)CCc1ccco1. The Hall–Kier alpha value is -1.55. The van der Waals surface area contributed by atoms with E-state index in [1.54, 1.807) is 12.5 Å². The molecule has 15 heavy (non-hydrogen) atoms. The fourth-order valence-corrected chi connectivity index (χ4v) is 1.62. The largest absolute Gasteiger partial charge is 0.469 e. The second-order valence-corrected chi connectivity index (χ2v) is 3.62. The smallest absolute Gasteiger partial charge is 0.125 e. The predicted octanol–water partition coefficient (Wildman–Crippen LogP) is 1.65. The molecule has 0 radical (unpaired) electrons. The van der Waals surface area contributed by atoms with Crippen molar-refractivity contribution in [3.05, 3.63) is 42.4 Å². The van der Waals surface area contributed by atoms with Gasteiger partial charge in [0, 0.05) is 25.9 Å². The number of rotatable bonds is 4. The van der Waals surface area contributed by atoms with Gasteiger partial charge in [-0.2, -0.15) is 0 Å². The van der Waals surface area contributed by atoms with Crippen LogP contribution in [0, 0.1) is 0 Å². The van der Waals surface area contributed by atoms with Gasteiger partial charge in [-0.05, 0) is 18.6 Å². The summed E-state index contributed by atoms with van der Waals surface area (Å²) < 4.78 is 7.20. The average Bonchev–Trinajstić information content (AvgIpc) is 2.84. The Labute approximate surface area is 88.7 Å². The predicted molar refractivity (Wildman–Crippen MR) is 57.2 cm³/mol. The Morgan fingerprint density at radius 3 is 3.07 bits per heavy atom. The minimum atomic E-state index is -0.0323. The molecule has 4 heteroatoms. The molecule has 2 rings (SSSR count). The van der Waals surface area contributed by atoms with Crippen molar-refractivity contribution >= 4 is 0 Å². The Morgan fingerprint density at radius 2 is 2.47 bits per heavy atom. The molecule has 0 spiro atoms. The first-order valence-electron chi connectivity index (χ1n) is 5.02. The first kappa shape index (κ1) is 9.98. The molecule has 80 valence electrons. The molecule has 1 atom stereocenters. The molecule has 4 nitrogen and oxygen atoms in total. The molecule has 1 unspecified atom stereocenters. The second-order valence-electron chi connectivity index (χ2n) is 3.62. The lowest BCUT2D eigenvalue weighted by atomic mass is 10.1. The lowest BCUT2D eigenvalue weighted by Gasteiger charge is -2.10. The van der Waals surface area contributed by atoms with Crippen LogP contribution in [0.15, 0.2) is 35.2 Å². The van der Waals surface area contributed by atoms with E-state index in [1.165, 1.54) is 0 Å². The van der Waals surface area contributed by atoms with Crippen LogP contribution in [0.1, 0.15) is 24.0 Å². The highest BCUT2D eigenvalue weighted by molar-refractivity contribution is 5.02. The summed E-state index contributed by atoms with van der Waals surface area (Å²) >= 11 is 0. The molecule has 0 aliphatic rings. The van der Waals surface area contributed by atoms with Crippen LogP contribution in [0.5, 0.6) is 0 Å². The van der Waals surface area contributed by atoms with Crippen molar-refractivity contribution < 1.29 is 4.42 Å². The van der Waals surface area contributed by atoms with Crippen LogP contribution >= 0.6 is 0 Å². The fraction of sp³-hybridized carbons (Fsp3) is 0.364. The first-order chi connectivity index (χ1) is 7.27. The summed E-state index contributed by atoms with van der Waals surface area (Å²) in [5, 5.41) is 0. The van der Waals surface area contributed by atoms with Crippen molar-refractivity contribution in [1.82, 2.24) is 9.55 Å². The summed E-state index contributed by atoms with van der Waals surface area (Å²) in [5.74, 6) is 1.89. The van der Waals surface area contributed by atoms with Gasteiger partial charge in [0.25, 0.3) is 0 Å². The summed E-state index contributed by atoms with van der Waals surface area (Å²) in [6.45, 7) is 0. The Bertz CT molecular complexity index is 405. The minimum Gasteiger partial charge on any atom is -0.469 e. The molecule has 0 aromatic carbocycles. The van der Waals surface area contributed by atoms with Gasteiger partial charge >= 0.3 is 0 Å². The third kappa shape index (κ3) is 2.27. The van der Waals surface area contributed by atoms with E-state index < -0.39 is 0 Å². The highest BCUT2D eigenvalue weighted by Gasteiger charge is 2.11. The summed E-state index contributed by atoms with van der Waals surface area (Å²) in [4.78, 5) is 4.22. The lowest BCUT2D eigenvalue weighted by Crippen LogP contribution is -2.15. The Balaban J connectivity index is 1.93. The van der Waals surface area contributed by atoms with E-state index in [9.17, 15) is 0 Å². The van der Waals surface area contributed by atoms with Gasteiger partial charge in [-0.25, -0.2) is 4.98 Å². The molecule has 0 bridgehead atoms. The fourth-order valence-electron chi connectivity index (χ4n) is 1.62. The molecule has 2 aromatic heterocycles. The van der Waals surface area contributed by atoms with Crippen LogP contribution in [0.2, 0.25) is 0 Å². The number of furan rings is 1. The summed E-state index contributed by atoms with van der Waals surface area (Å²) in [6, 6.07) is 3.82. The number of nitrogens with zero attached hydrogens (tertiary/aromatic N) is 2. The van der Waals surface area contributed by atoms with E-state index in [0.717, 1.165) is 24.4 Å². The number of aromatic nitrogens is 2. The van der Waals surface area contributed by atoms with E-state index in [0.29, 0.717) is 0 Å². The average molecular weight is 205 g/mol. The molecule has 0 amide bonds. The van der Waals surface area contributed by atoms with Crippen LogP contribution in [0.3, 0.4) is 0 Å². The van der Waals surface area contributed by atoms with Gasteiger partial charge in [-0.15, -0.1) is 0 Å². The minimum absolute atomic E-state index is 0.0323. The van der Waals surface area contributed by atoms with E-state index in [1.807, 2.05) is 29.9 Å². The van der Waals surface area contributed by atoms with Gasteiger partial charge in [0.05, 0.1) is 12.3 Å². The first-order valence-corrected chi connectivity index (χ1v) is 5.02. The normalized spacial score (nSPS) is 12.9. The van der Waals surface area contributed by atoms with Crippen LogP contribution in [-0.4, -0.2) is 9.55 Å². The molecule has 2 aromatic rings. The quantitative estimate of drug-likeness (QED) is 0.825. The molecular weight excluding hydrogens is 190 g/mol. The zero-order valence-electron chi connectivity index (χ0n) is 8.76. The number of hydrogen-bond acceptors (Lipinski definition) is 3. The molecule has 0 saturated carbocycles. The Kier molecular flexibility index (Phi) is 2.87. The molecule has 2 heterocycles. The van der Waals surface area contributed by atoms with Crippen molar-refractivity contribution in [2.24, 2.45) is 12.8 Å². The maximum Gasteiger partial charge on any atom is 0.125 e. The third-order valence-corrected chi connectivity index (χ3v) is 2.47. The van der Waals surface area contributed by atoms with Gasteiger partial charge < -0.3 is 14.7 Å². The van der Waals surface area contributed by atoms with E-state index in [-0.39, 0.29) is 6.04 Å². The van der Waals surface area contributed by atoms with Gasteiger partial charge in [0.15, 0.2) is 0 Å². The number of imidazole rings is 1. The van der Waals surface area contributed by atoms with Crippen molar-refractivity contribution in [1.29, 1.82) is 0 Å². The van der Waals surface area contributed by atoms with Crippen LogP contribution in [0.25, 0.3) is 0 Å². The van der Waals surface area contributed by atoms with Gasteiger partial charge in [0.1, 0.15) is 11.6 Å². The molecular formula is C11H15N3O. The van der Waals surface area contributed by atoms with Crippen LogP contribution in [0.4, 0.5) is 0 Å². The molecule has 0 saturated heterocycles. The molecule has 2 N–H and O–H groups in total. The topological polar surface area (TPSA) is 57.0 Å². The van der Waals surface area contributed by atoms with Gasteiger partial charge in [-0.1, -0.05) is 0 Å². The summed E-state index contributed by atoms with van der Waals surface area (Å²) in [6.07, 6.45) is 7.05. The van der Waals surface area contributed by atoms with Crippen molar-refractivity contribution in [2.45, 2.75) is 18.9 Å². The summed E-state index contributed by atoms with van der Waals surface area (Å²) in [7, 11) is 1.95. The van der Waals surface area contributed by atoms with Crippen LogP contribution < -0.4 is 5.73 Å². The second kappa shape index (κ2) is 4.31. The molecule has 0 aliphatic carbocycles. The highest BCUT2D eigenvalue weighted by atomic mass is 16.3. The van der Waals surface area contributed by atoms with Crippen LogP contribution in [-0.2, 0) is 13.5 Å². The molecule has 0 fully saturated rings. The Morgan fingerprint density at radius 1 is 1.60 bits per heavy atom. The molecule has 0 aliphatic heterocycles. The summed E-state index contributed by atoms with van der Waals surface area (Å²) in [5.41, 5.74) is 6.03. The van der Waals surface area contributed by atoms with E-state index >= 15 is 0 Å². The number of nitrogens with two attached hydrogens (primary N) is 1. The lowest BCUT2D eigenvalue weighted by molar-refractivity contribution is 0.481. The highest BCUT2D eigenvalue weighted by Crippen LogP contribution is 2.14. The van der Waals surface area contributed by atoms with E-state index in [2.05, 4.69) is 4.98 Å². The standard InChI is InChI=1S/C11H15N3O/c1-14-7-6-13-11(14)10(12)5-4-9-3-2-8-15-9/h2-3,6-8,10H,4-5,12H2,1H3. The maximum atomic E-state index is 6.03. The monoisotopic (exact) mass is 205 g/mol. The zero-order chi connectivity index (χ0) is 10.7. The van der Waals surface area contributed by atoms with Crippen molar-refractivity contribution in [3.8, 4) is 0 Å². The maximum absolute atomic E-state index is 6.03. The van der Waals surface area contributed by atoms with E-state index in [4.69, 9.17) is 10.2 Å².